The summed E-state index contributed by atoms with van der Waals surface area (Å²) in [5, 5.41) is 13.3. The lowest BCUT2D eigenvalue weighted by Gasteiger charge is -2.24. The first-order valence-corrected chi connectivity index (χ1v) is 8.37. The first-order valence-electron chi connectivity index (χ1n) is 7.96. The van der Waals surface area contributed by atoms with E-state index in [0.717, 1.165) is 24.9 Å². The molecule has 0 bridgehead atoms. The minimum atomic E-state index is -0.876. The summed E-state index contributed by atoms with van der Waals surface area (Å²) in [6.45, 7) is 5.51. The molecule has 0 aromatic heterocycles. The zero-order valence-electron chi connectivity index (χ0n) is 14.1. The number of amides is 1. The van der Waals surface area contributed by atoms with E-state index in [1.165, 1.54) is 0 Å². The molecule has 0 aliphatic rings. The van der Waals surface area contributed by atoms with Crippen LogP contribution in [0.4, 0.5) is 5.69 Å². The van der Waals surface area contributed by atoms with E-state index in [1.54, 1.807) is 13.8 Å². The van der Waals surface area contributed by atoms with Crippen LogP contribution in [-0.2, 0) is 4.79 Å². The minimum Gasteiger partial charge on any atom is -0.390 e. The van der Waals surface area contributed by atoms with Crippen molar-refractivity contribution in [3.63, 3.8) is 0 Å². The molecule has 1 amide bonds. The molecule has 0 saturated heterocycles. The predicted octanol–water partition coefficient (Wildman–Crippen LogP) is 2.97. The van der Waals surface area contributed by atoms with Crippen LogP contribution in [0, 0.1) is 5.92 Å². The smallest absolute Gasteiger partial charge is 0.241 e. The van der Waals surface area contributed by atoms with Crippen molar-refractivity contribution in [2.75, 3.05) is 5.32 Å². The van der Waals surface area contributed by atoms with Crippen LogP contribution in [-0.4, -0.2) is 21.7 Å². The fourth-order valence-electron chi connectivity index (χ4n) is 2.28. The molecule has 1 atom stereocenters. The molecule has 0 radical (unpaired) electrons. The Morgan fingerprint density at radius 3 is 2.48 bits per heavy atom. The van der Waals surface area contributed by atoms with E-state index in [2.05, 4.69) is 23.1 Å². The Balaban J connectivity index is 2.48. The van der Waals surface area contributed by atoms with Gasteiger partial charge in [0.15, 0.2) is 5.11 Å². The van der Waals surface area contributed by atoms with Crippen molar-refractivity contribution in [1.82, 2.24) is 10.9 Å². The van der Waals surface area contributed by atoms with Gasteiger partial charge in [-0.25, -0.2) is 0 Å². The van der Waals surface area contributed by atoms with Gasteiger partial charge in [0, 0.05) is 11.6 Å². The molecule has 1 aromatic rings. The number of para-hydroxylation sites is 1. The highest BCUT2D eigenvalue weighted by molar-refractivity contribution is 7.80. The summed E-state index contributed by atoms with van der Waals surface area (Å²) >= 11 is 5.15. The zero-order chi connectivity index (χ0) is 17.3. The lowest BCUT2D eigenvalue weighted by Crippen LogP contribution is -2.47. The first-order chi connectivity index (χ1) is 10.8. The van der Waals surface area contributed by atoms with Crippen LogP contribution >= 0.6 is 12.2 Å². The van der Waals surface area contributed by atoms with E-state index in [-0.39, 0.29) is 11.8 Å². The second kappa shape index (κ2) is 9.47. The summed E-state index contributed by atoms with van der Waals surface area (Å²) in [5.41, 5.74) is 5.31. The molecule has 0 saturated carbocycles. The third-order valence-electron chi connectivity index (χ3n) is 3.35. The average molecular weight is 337 g/mol. The second-order valence-corrected chi connectivity index (χ2v) is 6.70. The van der Waals surface area contributed by atoms with E-state index in [0.29, 0.717) is 11.5 Å². The van der Waals surface area contributed by atoms with Gasteiger partial charge in [-0.15, -0.1) is 0 Å². The number of hydrogen-bond acceptors (Lipinski definition) is 3. The highest BCUT2D eigenvalue weighted by Gasteiger charge is 2.25. The molecule has 5 nitrogen and oxygen atoms in total. The molecule has 6 heteroatoms. The summed E-state index contributed by atoms with van der Waals surface area (Å²) < 4.78 is 0. The van der Waals surface area contributed by atoms with Gasteiger partial charge in [-0.05, 0) is 51.0 Å². The first kappa shape index (κ1) is 19.4. The van der Waals surface area contributed by atoms with Crippen LogP contribution in [0.15, 0.2) is 30.3 Å². The molecule has 128 valence electrons. The van der Waals surface area contributed by atoms with Crippen LogP contribution < -0.4 is 16.2 Å². The molecule has 0 spiro atoms. The molecule has 1 unspecified atom stereocenters. The molecule has 0 heterocycles. The van der Waals surface area contributed by atoms with E-state index >= 15 is 0 Å². The number of hydrazine groups is 1. The molecule has 0 aliphatic carbocycles. The Morgan fingerprint density at radius 2 is 1.91 bits per heavy atom. The minimum absolute atomic E-state index is 0.155. The quantitative estimate of drug-likeness (QED) is 0.455. The number of nitrogens with one attached hydrogen (secondary N) is 3. The predicted molar refractivity (Wildman–Crippen MR) is 97.9 cm³/mol. The number of aliphatic hydroxyl groups is 1. The summed E-state index contributed by atoms with van der Waals surface area (Å²) in [6, 6.07) is 9.47. The number of hydrogen-bond donors (Lipinski definition) is 4. The largest absolute Gasteiger partial charge is 0.390 e. The van der Waals surface area contributed by atoms with Gasteiger partial charge < -0.3 is 10.4 Å². The molecular weight excluding hydrogens is 310 g/mol. The van der Waals surface area contributed by atoms with Crippen molar-refractivity contribution >= 4 is 28.9 Å². The number of thiocarbonyl (C=S) groups is 1. The number of carbonyl (C=O) groups is 1. The number of benzene rings is 1. The van der Waals surface area contributed by atoms with Crippen molar-refractivity contribution in [3.05, 3.63) is 30.3 Å². The fraction of sp³-hybridized carbons (Fsp3) is 0.529. The van der Waals surface area contributed by atoms with Crippen LogP contribution in [0.5, 0.6) is 0 Å². The van der Waals surface area contributed by atoms with Gasteiger partial charge in [0.05, 0.1) is 5.60 Å². The maximum absolute atomic E-state index is 12.3. The molecule has 0 fully saturated rings. The Bertz CT molecular complexity index is 500. The number of carbonyl (C=O) groups excluding carboxylic acids is 1. The third-order valence-corrected chi connectivity index (χ3v) is 3.56. The highest BCUT2D eigenvalue weighted by Crippen LogP contribution is 2.21. The standard InChI is InChI=1S/C17H27N3O2S/c1-4-5-9-13(12-17(2,3)22)15(21)19-20-16(23)18-14-10-7-6-8-11-14/h6-8,10-11,13,22H,4-5,9,12H2,1-3H3,(H,19,21)(H2,18,20,23). The summed E-state index contributed by atoms with van der Waals surface area (Å²) in [5.74, 6) is -0.403. The van der Waals surface area contributed by atoms with E-state index in [4.69, 9.17) is 12.2 Å². The van der Waals surface area contributed by atoms with Gasteiger partial charge in [-0.3, -0.25) is 15.6 Å². The molecule has 4 N–H and O–H groups in total. The van der Waals surface area contributed by atoms with Crippen LogP contribution in [0.25, 0.3) is 0 Å². The van der Waals surface area contributed by atoms with Crippen LogP contribution in [0.1, 0.15) is 46.5 Å². The van der Waals surface area contributed by atoms with Gasteiger partial charge >= 0.3 is 0 Å². The third kappa shape index (κ3) is 8.52. The van der Waals surface area contributed by atoms with Crippen molar-refractivity contribution in [1.29, 1.82) is 0 Å². The van der Waals surface area contributed by atoms with Gasteiger partial charge in [0.25, 0.3) is 0 Å². The van der Waals surface area contributed by atoms with Gasteiger partial charge in [-0.1, -0.05) is 38.0 Å². The SMILES string of the molecule is CCCCC(CC(C)(C)O)C(=O)NNC(=S)Nc1ccccc1. The number of anilines is 1. The maximum Gasteiger partial charge on any atom is 0.241 e. The Morgan fingerprint density at radius 1 is 1.26 bits per heavy atom. The lowest BCUT2D eigenvalue weighted by molar-refractivity contribution is -0.127. The zero-order valence-corrected chi connectivity index (χ0v) is 14.9. The molecule has 1 aromatic carbocycles. The monoisotopic (exact) mass is 337 g/mol. The summed E-state index contributed by atoms with van der Waals surface area (Å²) in [4.78, 5) is 12.3. The Hall–Kier alpha value is -1.66. The molecular formula is C17H27N3O2S. The second-order valence-electron chi connectivity index (χ2n) is 6.29. The molecule has 23 heavy (non-hydrogen) atoms. The topological polar surface area (TPSA) is 73.4 Å². The Labute approximate surface area is 143 Å². The van der Waals surface area contributed by atoms with Gasteiger partial charge in [-0.2, -0.15) is 0 Å². The lowest BCUT2D eigenvalue weighted by atomic mass is 9.89. The van der Waals surface area contributed by atoms with Crippen LogP contribution in [0.3, 0.4) is 0 Å². The van der Waals surface area contributed by atoms with Crippen molar-refractivity contribution in [2.45, 2.75) is 52.1 Å². The average Bonchev–Trinajstić information content (AvgIpc) is 2.49. The summed E-state index contributed by atoms with van der Waals surface area (Å²) in [7, 11) is 0. The van der Waals surface area contributed by atoms with Crippen molar-refractivity contribution in [3.8, 4) is 0 Å². The van der Waals surface area contributed by atoms with E-state index in [9.17, 15) is 9.90 Å². The van der Waals surface area contributed by atoms with Crippen LogP contribution in [0.2, 0.25) is 0 Å². The van der Waals surface area contributed by atoms with E-state index < -0.39 is 5.60 Å². The highest BCUT2D eigenvalue weighted by atomic mass is 32.1. The number of unbranched alkanes of at least 4 members (excludes halogenated alkanes) is 1. The normalized spacial score (nSPS) is 12.3. The van der Waals surface area contributed by atoms with Crippen molar-refractivity contribution in [2.24, 2.45) is 5.92 Å². The summed E-state index contributed by atoms with van der Waals surface area (Å²) in [6.07, 6.45) is 3.12. The molecule has 1 rings (SSSR count). The van der Waals surface area contributed by atoms with E-state index in [1.807, 2.05) is 30.3 Å². The van der Waals surface area contributed by atoms with Gasteiger partial charge in [0.2, 0.25) is 5.91 Å². The Kier molecular flexibility index (Phi) is 7.98. The van der Waals surface area contributed by atoms with Gasteiger partial charge in [0.1, 0.15) is 0 Å². The maximum atomic E-state index is 12.3. The number of rotatable bonds is 7. The van der Waals surface area contributed by atoms with Crippen molar-refractivity contribution < 1.29 is 9.90 Å². The fourth-order valence-corrected chi connectivity index (χ4v) is 2.45. The molecule has 0 aliphatic heterocycles.